The number of rotatable bonds is 3. The second kappa shape index (κ2) is 5.79. The van der Waals surface area contributed by atoms with E-state index < -0.39 is 0 Å². The number of nitrogens with zero attached hydrogens (tertiary/aromatic N) is 1. The minimum atomic E-state index is -0.286. The molecular formula is C13H12BrN3O2. The Hall–Kier alpha value is -1.95. The van der Waals surface area contributed by atoms with Crippen LogP contribution in [0.25, 0.3) is 0 Å². The van der Waals surface area contributed by atoms with E-state index in [2.05, 4.69) is 31.2 Å². The summed E-state index contributed by atoms with van der Waals surface area (Å²) < 4.78 is 0.962. The molecule has 0 fully saturated rings. The van der Waals surface area contributed by atoms with E-state index in [0.29, 0.717) is 5.82 Å². The first kappa shape index (κ1) is 13.5. The van der Waals surface area contributed by atoms with Gasteiger partial charge in [0.1, 0.15) is 11.6 Å². The average molecular weight is 322 g/mol. The highest BCUT2D eigenvalue weighted by Crippen LogP contribution is 2.11. The third kappa shape index (κ3) is 4.03. The summed E-state index contributed by atoms with van der Waals surface area (Å²) in [6.07, 6.45) is 0.237. The van der Waals surface area contributed by atoms with Crippen LogP contribution in [0.1, 0.15) is 11.4 Å². The molecule has 1 amide bonds. The first-order valence-corrected chi connectivity index (χ1v) is 6.44. The lowest BCUT2D eigenvalue weighted by Gasteiger charge is -2.05. The van der Waals surface area contributed by atoms with Gasteiger partial charge in [-0.15, -0.1) is 0 Å². The molecule has 0 bridgehead atoms. The maximum atomic E-state index is 11.8. The minimum Gasteiger partial charge on any atom is -0.311 e. The molecule has 0 aliphatic rings. The van der Waals surface area contributed by atoms with Crippen LogP contribution < -0.4 is 10.9 Å². The largest absolute Gasteiger partial charge is 0.311 e. The number of hydrogen-bond acceptors (Lipinski definition) is 3. The number of aromatic amines is 1. The predicted molar refractivity (Wildman–Crippen MR) is 76.1 cm³/mol. The quantitative estimate of drug-likeness (QED) is 0.908. The van der Waals surface area contributed by atoms with Gasteiger partial charge in [0.2, 0.25) is 5.91 Å². The zero-order valence-electron chi connectivity index (χ0n) is 10.2. The number of aromatic nitrogens is 2. The molecule has 0 unspecified atom stereocenters. The second-order valence-electron chi connectivity index (χ2n) is 4.07. The van der Waals surface area contributed by atoms with Gasteiger partial charge in [0.05, 0.1) is 6.42 Å². The fourth-order valence-corrected chi connectivity index (χ4v) is 1.88. The molecule has 2 rings (SSSR count). The maximum absolute atomic E-state index is 11.8. The van der Waals surface area contributed by atoms with Gasteiger partial charge in [0, 0.05) is 10.5 Å². The van der Waals surface area contributed by atoms with Crippen LogP contribution in [0.15, 0.2) is 39.6 Å². The molecule has 0 saturated carbocycles. The van der Waals surface area contributed by atoms with Crippen molar-refractivity contribution in [1.82, 2.24) is 9.97 Å². The number of nitrogens with one attached hydrogen (secondary N) is 2. The van der Waals surface area contributed by atoms with Crippen molar-refractivity contribution in [2.45, 2.75) is 13.3 Å². The summed E-state index contributed by atoms with van der Waals surface area (Å²) in [5.41, 5.74) is 0.605. The van der Waals surface area contributed by atoms with Gasteiger partial charge >= 0.3 is 0 Å². The molecule has 0 atom stereocenters. The van der Waals surface area contributed by atoms with Gasteiger partial charge in [-0.25, -0.2) is 4.98 Å². The Bertz CT molecular complexity index is 650. The van der Waals surface area contributed by atoms with Crippen molar-refractivity contribution in [1.29, 1.82) is 0 Å². The number of benzene rings is 1. The van der Waals surface area contributed by atoms with Crippen molar-refractivity contribution in [3.63, 3.8) is 0 Å². The van der Waals surface area contributed by atoms with Crippen LogP contribution in [0.4, 0.5) is 5.82 Å². The van der Waals surface area contributed by atoms with Gasteiger partial charge < -0.3 is 10.3 Å². The lowest BCUT2D eigenvalue weighted by atomic mass is 10.1. The summed E-state index contributed by atoms with van der Waals surface area (Å²) in [5.74, 6) is 0.523. The molecule has 98 valence electrons. The van der Waals surface area contributed by atoms with E-state index in [0.717, 1.165) is 10.0 Å². The van der Waals surface area contributed by atoms with Crippen molar-refractivity contribution in [2.24, 2.45) is 0 Å². The average Bonchev–Trinajstić information content (AvgIpc) is 2.30. The number of aryl methyl sites for hydroxylation is 1. The number of hydrogen-bond donors (Lipinski definition) is 2. The summed E-state index contributed by atoms with van der Waals surface area (Å²) >= 11 is 3.33. The number of anilines is 1. The monoisotopic (exact) mass is 321 g/mol. The van der Waals surface area contributed by atoms with Crippen LogP contribution in [-0.4, -0.2) is 15.9 Å². The summed E-state index contributed by atoms with van der Waals surface area (Å²) in [6.45, 7) is 1.66. The van der Waals surface area contributed by atoms with E-state index in [9.17, 15) is 9.59 Å². The lowest BCUT2D eigenvalue weighted by Crippen LogP contribution is -2.18. The van der Waals surface area contributed by atoms with Crippen molar-refractivity contribution in [3.8, 4) is 0 Å². The van der Waals surface area contributed by atoms with Crippen molar-refractivity contribution < 1.29 is 4.79 Å². The van der Waals surface area contributed by atoms with Gasteiger partial charge in [-0.1, -0.05) is 28.1 Å². The van der Waals surface area contributed by atoms with Gasteiger partial charge in [-0.2, -0.15) is 0 Å². The zero-order valence-corrected chi connectivity index (χ0v) is 11.8. The Morgan fingerprint density at radius 2 is 2.05 bits per heavy atom. The van der Waals surface area contributed by atoms with Crippen molar-refractivity contribution in [2.75, 3.05) is 5.32 Å². The maximum Gasteiger partial charge on any atom is 0.252 e. The second-order valence-corrected chi connectivity index (χ2v) is 4.98. The number of carbonyl (C=O) groups is 1. The van der Waals surface area contributed by atoms with Crippen molar-refractivity contribution in [3.05, 3.63) is 56.5 Å². The molecule has 0 saturated heterocycles. The summed E-state index contributed by atoms with van der Waals surface area (Å²) in [7, 11) is 0. The van der Waals surface area contributed by atoms with Crippen LogP contribution in [0.3, 0.4) is 0 Å². The first-order valence-electron chi connectivity index (χ1n) is 5.65. The molecule has 1 heterocycles. The summed E-state index contributed by atoms with van der Waals surface area (Å²) in [4.78, 5) is 29.6. The highest BCUT2D eigenvalue weighted by atomic mass is 79.9. The van der Waals surface area contributed by atoms with Gasteiger partial charge in [-0.3, -0.25) is 9.59 Å². The first-order chi connectivity index (χ1) is 9.02. The fourth-order valence-electron chi connectivity index (χ4n) is 1.62. The van der Waals surface area contributed by atoms with E-state index >= 15 is 0 Å². The van der Waals surface area contributed by atoms with Gasteiger partial charge in [0.15, 0.2) is 0 Å². The topological polar surface area (TPSA) is 74.8 Å². The summed E-state index contributed by atoms with van der Waals surface area (Å²) in [6, 6.07) is 8.73. The lowest BCUT2D eigenvalue weighted by molar-refractivity contribution is -0.115. The molecule has 0 radical (unpaired) electrons. The van der Waals surface area contributed by atoms with Crippen LogP contribution in [-0.2, 0) is 11.2 Å². The number of H-pyrrole nitrogens is 1. The molecule has 5 nitrogen and oxygen atoms in total. The van der Waals surface area contributed by atoms with Crippen LogP contribution in [0.5, 0.6) is 0 Å². The molecule has 0 spiro atoms. The summed E-state index contributed by atoms with van der Waals surface area (Å²) in [5, 5.41) is 2.60. The third-order valence-electron chi connectivity index (χ3n) is 2.41. The van der Waals surface area contributed by atoms with E-state index in [1.165, 1.54) is 6.07 Å². The molecule has 0 aliphatic carbocycles. The highest BCUT2D eigenvalue weighted by molar-refractivity contribution is 9.10. The molecule has 1 aromatic heterocycles. The Balaban J connectivity index is 2.05. The standard InChI is InChI=1S/C13H12BrN3O2/c1-8-15-11(7-13(19)16-8)17-12(18)6-9-2-4-10(14)5-3-9/h2-5,7H,6H2,1H3,(H2,15,16,17,18,19). The number of amides is 1. The number of carbonyl (C=O) groups excluding carboxylic acids is 1. The molecule has 2 aromatic rings. The van der Waals surface area contributed by atoms with E-state index in [1.54, 1.807) is 6.92 Å². The Labute approximate surface area is 118 Å². The Morgan fingerprint density at radius 3 is 2.68 bits per heavy atom. The van der Waals surface area contributed by atoms with E-state index in [-0.39, 0.29) is 23.7 Å². The van der Waals surface area contributed by atoms with Crippen molar-refractivity contribution >= 4 is 27.7 Å². The molecule has 2 N–H and O–H groups in total. The Kier molecular flexibility index (Phi) is 4.11. The normalized spacial score (nSPS) is 10.2. The molecule has 19 heavy (non-hydrogen) atoms. The predicted octanol–water partition coefficient (Wildman–Crippen LogP) is 2.02. The molecule has 0 aliphatic heterocycles. The zero-order chi connectivity index (χ0) is 13.8. The van der Waals surface area contributed by atoms with Crippen LogP contribution in [0.2, 0.25) is 0 Å². The third-order valence-corrected chi connectivity index (χ3v) is 2.93. The van der Waals surface area contributed by atoms with E-state index in [1.807, 2.05) is 24.3 Å². The van der Waals surface area contributed by atoms with Gasteiger partial charge in [-0.05, 0) is 24.6 Å². The fraction of sp³-hybridized carbons (Fsp3) is 0.154. The van der Waals surface area contributed by atoms with Crippen LogP contribution in [0, 0.1) is 6.92 Å². The van der Waals surface area contributed by atoms with Crippen LogP contribution >= 0.6 is 15.9 Å². The molecule has 6 heteroatoms. The SMILES string of the molecule is Cc1nc(NC(=O)Cc2ccc(Br)cc2)cc(=O)[nH]1. The van der Waals surface area contributed by atoms with Gasteiger partial charge in [0.25, 0.3) is 5.56 Å². The smallest absolute Gasteiger partial charge is 0.252 e. The molecule has 1 aromatic carbocycles. The number of halogens is 1. The highest BCUT2D eigenvalue weighted by Gasteiger charge is 2.06. The molecular weight excluding hydrogens is 310 g/mol. The minimum absolute atomic E-state index is 0.208. The van der Waals surface area contributed by atoms with E-state index in [4.69, 9.17) is 0 Å². The Morgan fingerprint density at radius 1 is 1.37 bits per heavy atom.